The van der Waals surface area contributed by atoms with Crippen LogP contribution in [-0.2, 0) is 0 Å². The fourth-order valence-electron chi connectivity index (χ4n) is 2.97. The summed E-state index contributed by atoms with van der Waals surface area (Å²) in [5.74, 6) is 0.819. The summed E-state index contributed by atoms with van der Waals surface area (Å²) in [4.78, 5) is 16.4. The van der Waals surface area contributed by atoms with Crippen LogP contribution < -0.4 is 15.0 Å². The van der Waals surface area contributed by atoms with Gasteiger partial charge in [0.15, 0.2) is 5.75 Å². The molecule has 0 saturated heterocycles. The highest BCUT2D eigenvalue weighted by atomic mass is 32.1. The number of nitrogens with zero attached hydrogens (tertiary/aromatic N) is 2. The molecule has 2 aromatic heterocycles. The smallest absolute Gasteiger partial charge is 0.263 e. The third-order valence-electron chi connectivity index (χ3n) is 3.92. The number of aryl methyl sites for hydroxylation is 1. The Labute approximate surface area is 126 Å². The van der Waals surface area contributed by atoms with E-state index in [9.17, 15) is 4.79 Å². The summed E-state index contributed by atoms with van der Waals surface area (Å²) in [6.07, 6.45) is 1.86. The molecule has 0 fully saturated rings. The van der Waals surface area contributed by atoms with Gasteiger partial charge in [0.1, 0.15) is 17.2 Å². The number of anilines is 1. The van der Waals surface area contributed by atoms with Crippen LogP contribution in [0.4, 0.5) is 5.69 Å². The zero-order valence-electron chi connectivity index (χ0n) is 11.9. The van der Waals surface area contributed by atoms with Crippen molar-refractivity contribution in [2.24, 2.45) is 0 Å². The molecular weight excluding hydrogens is 288 g/mol. The van der Waals surface area contributed by atoms with Crippen molar-refractivity contribution in [1.29, 1.82) is 0 Å². The van der Waals surface area contributed by atoms with Crippen LogP contribution in [0.3, 0.4) is 0 Å². The zero-order valence-corrected chi connectivity index (χ0v) is 12.7. The van der Waals surface area contributed by atoms with Crippen molar-refractivity contribution in [2.75, 3.05) is 24.6 Å². The Bertz CT molecular complexity index is 721. The van der Waals surface area contributed by atoms with Gasteiger partial charge in [-0.3, -0.25) is 9.89 Å². The third kappa shape index (κ3) is 1.84. The Morgan fingerprint density at radius 1 is 1.48 bits per heavy atom. The zero-order chi connectivity index (χ0) is 14.6. The molecule has 7 heteroatoms. The predicted molar refractivity (Wildman–Crippen MR) is 81.3 cm³/mol. The van der Waals surface area contributed by atoms with Crippen LogP contribution in [0, 0.1) is 6.92 Å². The van der Waals surface area contributed by atoms with E-state index in [0.717, 1.165) is 45.5 Å². The lowest BCUT2D eigenvalue weighted by Gasteiger charge is -2.30. The molecule has 21 heavy (non-hydrogen) atoms. The maximum Gasteiger partial charge on any atom is 0.263 e. The molecule has 0 aliphatic carbocycles. The minimum absolute atomic E-state index is 0.0100. The Morgan fingerprint density at radius 3 is 3.10 bits per heavy atom. The monoisotopic (exact) mass is 304 g/mol. The number of aromatic amines is 1. The van der Waals surface area contributed by atoms with Gasteiger partial charge in [-0.15, -0.1) is 11.3 Å². The maximum absolute atomic E-state index is 12.4. The number of carbonyl (C=O) groups excluding carboxylic acids is 1. The molecule has 1 atom stereocenters. The second-order valence-electron chi connectivity index (χ2n) is 5.49. The normalized spacial score (nSPS) is 20.6. The van der Waals surface area contributed by atoms with Crippen LogP contribution >= 0.6 is 11.3 Å². The highest BCUT2D eigenvalue weighted by molar-refractivity contribution is 7.18. The number of carbonyl (C=O) groups is 1. The molecule has 2 aliphatic rings. The van der Waals surface area contributed by atoms with Gasteiger partial charge in [-0.25, -0.2) is 0 Å². The number of amides is 1. The number of ether oxygens (including phenoxy) is 1. The molecule has 0 unspecified atom stereocenters. The molecule has 4 heterocycles. The van der Waals surface area contributed by atoms with Gasteiger partial charge < -0.3 is 15.0 Å². The minimum Gasteiger partial charge on any atom is -0.488 e. The van der Waals surface area contributed by atoms with Gasteiger partial charge in [0.25, 0.3) is 5.91 Å². The van der Waals surface area contributed by atoms with Crippen molar-refractivity contribution in [1.82, 2.24) is 15.5 Å². The van der Waals surface area contributed by atoms with Crippen LogP contribution in [-0.4, -0.2) is 41.8 Å². The number of thiophene rings is 1. The standard InChI is InChI=1S/C14H16N4O2S/c1-7-6-18-3-4-20-11-10(18)13(14(19)16-7)21-12(11)9-5-15-17-8(9)2/h5,7H,3-4,6H2,1-2H3,(H,15,17)(H,16,19)/t7-/m0/s1. The van der Waals surface area contributed by atoms with Crippen LogP contribution in [0.1, 0.15) is 22.3 Å². The highest BCUT2D eigenvalue weighted by Crippen LogP contribution is 2.50. The Kier molecular flexibility index (Phi) is 2.72. The topological polar surface area (TPSA) is 70.2 Å². The summed E-state index contributed by atoms with van der Waals surface area (Å²) in [7, 11) is 0. The van der Waals surface area contributed by atoms with Gasteiger partial charge in [0, 0.05) is 24.3 Å². The van der Waals surface area contributed by atoms with E-state index >= 15 is 0 Å². The maximum atomic E-state index is 12.4. The van der Waals surface area contributed by atoms with E-state index in [0.29, 0.717) is 6.61 Å². The number of nitrogens with one attached hydrogen (secondary N) is 2. The summed E-state index contributed by atoms with van der Waals surface area (Å²) < 4.78 is 5.91. The van der Waals surface area contributed by atoms with Crippen molar-refractivity contribution in [2.45, 2.75) is 19.9 Å². The van der Waals surface area contributed by atoms with Crippen LogP contribution in [0.15, 0.2) is 6.20 Å². The molecule has 0 bridgehead atoms. The van der Waals surface area contributed by atoms with E-state index in [4.69, 9.17) is 4.74 Å². The van der Waals surface area contributed by atoms with Crippen LogP contribution in [0.25, 0.3) is 10.4 Å². The first-order chi connectivity index (χ1) is 10.1. The third-order valence-corrected chi connectivity index (χ3v) is 5.11. The van der Waals surface area contributed by atoms with E-state index in [-0.39, 0.29) is 11.9 Å². The molecule has 6 nitrogen and oxygen atoms in total. The summed E-state index contributed by atoms with van der Waals surface area (Å²) in [5.41, 5.74) is 2.87. The highest BCUT2D eigenvalue weighted by Gasteiger charge is 2.35. The van der Waals surface area contributed by atoms with Crippen LogP contribution in [0.2, 0.25) is 0 Å². The fraction of sp³-hybridized carbons (Fsp3) is 0.429. The number of rotatable bonds is 1. The molecule has 2 aromatic rings. The van der Waals surface area contributed by atoms with Crippen LogP contribution in [0.5, 0.6) is 5.75 Å². The van der Waals surface area contributed by atoms with E-state index in [1.165, 1.54) is 11.3 Å². The molecule has 1 amide bonds. The Morgan fingerprint density at radius 2 is 2.33 bits per heavy atom. The quantitative estimate of drug-likeness (QED) is 0.842. The van der Waals surface area contributed by atoms with Crippen molar-refractivity contribution in [3.05, 3.63) is 16.8 Å². The Balaban J connectivity index is 1.93. The molecule has 0 spiro atoms. The SMILES string of the molecule is Cc1n[nH]cc1-c1sc2c3c1OCCN3C[C@H](C)NC2=O. The lowest BCUT2D eigenvalue weighted by atomic mass is 10.1. The second kappa shape index (κ2) is 4.49. The van der Waals surface area contributed by atoms with Gasteiger partial charge in [0.05, 0.1) is 17.1 Å². The molecule has 0 radical (unpaired) electrons. The van der Waals surface area contributed by atoms with Gasteiger partial charge in [-0.2, -0.15) is 5.10 Å². The minimum atomic E-state index is -0.0100. The lowest BCUT2D eigenvalue weighted by molar-refractivity contribution is 0.0949. The second-order valence-corrected chi connectivity index (χ2v) is 6.51. The van der Waals surface area contributed by atoms with Gasteiger partial charge in [-0.1, -0.05) is 0 Å². The molecular formula is C14H16N4O2S. The molecule has 2 aliphatic heterocycles. The van der Waals surface area contributed by atoms with Crippen molar-refractivity contribution in [3.8, 4) is 16.2 Å². The van der Waals surface area contributed by atoms with Gasteiger partial charge >= 0.3 is 0 Å². The van der Waals surface area contributed by atoms with Crippen molar-refractivity contribution in [3.63, 3.8) is 0 Å². The van der Waals surface area contributed by atoms with E-state index in [1.54, 1.807) is 0 Å². The van der Waals surface area contributed by atoms with Crippen molar-refractivity contribution >= 4 is 22.9 Å². The number of hydrogen-bond acceptors (Lipinski definition) is 5. The van der Waals surface area contributed by atoms with E-state index < -0.39 is 0 Å². The molecule has 0 saturated carbocycles. The average Bonchev–Trinajstić information content (AvgIpc) is 2.99. The molecule has 0 aromatic carbocycles. The first-order valence-electron chi connectivity index (χ1n) is 7.01. The summed E-state index contributed by atoms with van der Waals surface area (Å²) in [6, 6.07) is 0.141. The molecule has 4 rings (SSSR count). The summed E-state index contributed by atoms with van der Waals surface area (Å²) in [6.45, 7) is 6.26. The van der Waals surface area contributed by atoms with Gasteiger partial charge in [0.2, 0.25) is 0 Å². The summed E-state index contributed by atoms with van der Waals surface area (Å²) in [5, 5.41) is 10.1. The first-order valence-corrected chi connectivity index (χ1v) is 7.83. The van der Waals surface area contributed by atoms with E-state index in [2.05, 4.69) is 20.4 Å². The number of H-pyrrole nitrogens is 1. The first kappa shape index (κ1) is 12.7. The van der Waals surface area contributed by atoms with Crippen molar-refractivity contribution < 1.29 is 9.53 Å². The summed E-state index contributed by atoms with van der Waals surface area (Å²) >= 11 is 1.49. The predicted octanol–water partition coefficient (Wildman–Crippen LogP) is 1.78. The molecule has 110 valence electrons. The largest absolute Gasteiger partial charge is 0.488 e. The van der Waals surface area contributed by atoms with E-state index in [1.807, 2.05) is 20.0 Å². The average molecular weight is 304 g/mol. The lowest BCUT2D eigenvalue weighted by Crippen LogP contribution is -2.41. The number of aromatic nitrogens is 2. The Hall–Kier alpha value is -2.02. The fourth-order valence-corrected chi connectivity index (χ4v) is 4.20. The molecule has 2 N–H and O–H groups in total. The number of hydrogen-bond donors (Lipinski definition) is 2. The van der Waals surface area contributed by atoms with Gasteiger partial charge in [-0.05, 0) is 13.8 Å².